The first-order chi connectivity index (χ1) is 21.2. The van der Waals surface area contributed by atoms with E-state index in [1.54, 1.807) is 0 Å². The van der Waals surface area contributed by atoms with Crippen molar-refractivity contribution in [2.45, 2.75) is 200 Å². The van der Waals surface area contributed by atoms with Gasteiger partial charge in [-0.1, -0.05) is 147 Å². The fourth-order valence-electron chi connectivity index (χ4n) is 5.32. The van der Waals surface area contributed by atoms with Crippen LogP contribution in [0.2, 0.25) is 0 Å². The Hall–Kier alpha value is -1.13. The predicted octanol–water partition coefficient (Wildman–Crippen LogP) is 12.0. The fourth-order valence-corrected chi connectivity index (χ4v) is 5.32. The molecular formula is C39H74O4. The van der Waals surface area contributed by atoms with E-state index in [0.29, 0.717) is 13.0 Å². The summed E-state index contributed by atoms with van der Waals surface area (Å²) in [5.41, 5.74) is 0. The van der Waals surface area contributed by atoms with Crippen molar-refractivity contribution in [3.05, 3.63) is 24.3 Å². The summed E-state index contributed by atoms with van der Waals surface area (Å²) in [5.74, 6) is -0.204. The highest BCUT2D eigenvalue weighted by atomic mass is 16.5. The molecule has 1 unspecified atom stereocenters. The zero-order valence-corrected chi connectivity index (χ0v) is 29.0. The molecule has 0 heterocycles. The van der Waals surface area contributed by atoms with Crippen LogP contribution in [0.1, 0.15) is 194 Å². The summed E-state index contributed by atoms with van der Waals surface area (Å²) in [4.78, 5) is 11.9. The highest BCUT2D eigenvalue weighted by Crippen LogP contribution is 2.12. The molecule has 1 atom stereocenters. The zero-order chi connectivity index (χ0) is 31.3. The molecule has 4 heteroatoms. The third-order valence-electron chi connectivity index (χ3n) is 8.19. The minimum Gasteiger partial charge on any atom is -0.463 e. The largest absolute Gasteiger partial charge is 0.463 e. The van der Waals surface area contributed by atoms with Crippen LogP contribution in [0.5, 0.6) is 0 Å². The van der Waals surface area contributed by atoms with Gasteiger partial charge in [-0.3, -0.25) is 4.79 Å². The average molecular weight is 607 g/mol. The van der Waals surface area contributed by atoms with E-state index in [-0.39, 0.29) is 19.2 Å². The van der Waals surface area contributed by atoms with Crippen molar-refractivity contribution in [2.75, 3.05) is 19.8 Å². The number of hydrogen-bond acceptors (Lipinski definition) is 4. The van der Waals surface area contributed by atoms with Crippen LogP contribution in [0.15, 0.2) is 24.3 Å². The van der Waals surface area contributed by atoms with Gasteiger partial charge >= 0.3 is 5.97 Å². The van der Waals surface area contributed by atoms with Crippen LogP contribution in [0, 0.1) is 0 Å². The van der Waals surface area contributed by atoms with Gasteiger partial charge in [0.25, 0.3) is 0 Å². The van der Waals surface area contributed by atoms with E-state index in [2.05, 4.69) is 38.2 Å². The molecule has 1 N–H and O–H groups in total. The Labute approximate surface area is 268 Å². The Kier molecular flexibility index (Phi) is 36.1. The lowest BCUT2D eigenvalue weighted by Crippen LogP contribution is -2.24. The Morgan fingerprint density at radius 2 is 0.884 bits per heavy atom. The number of unbranched alkanes of at least 4 members (excludes halogenated alkanes) is 23. The molecule has 0 aliphatic rings. The first-order valence-corrected chi connectivity index (χ1v) is 18.9. The van der Waals surface area contributed by atoms with Crippen molar-refractivity contribution in [1.29, 1.82) is 0 Å². The molecular weight excluding hydrogens is 532 g/mol. The molecule has 0 rings (SSSR count). The number of carbonyl (C=O) groups excluding carboxylic acids is 1. The van der Waals surface area contributed by atoms with Gasteiger partial charge in [0.2, 0.25) is 0 Å². The van der Waals surface area contributed by atoms with E-state index in [9.17, 15) is 9.90 Å². The third-order valence-corrected chi connectivity index (χ3v) is 8.19. The van der Waals surface area contributed by atoms with Gasteiger partial charge in [0.05, 0.1) is 6.61 Å². The highest BCUT2D eigenvalue weighted by Gasteiger charge is 2.09. The molecule has 0 spiro atoms. The average Bonchev–Trinajstić information content (AvgIpc) is 3.01. The normalized spacial score (nSPS) is 12.5. The zero-order valence-electron chi connectivity index (χ0n) is 29.0. The van der Waals surface area contributed by atoms with E-state index >= 15 is 0 Å². The molecule has 4 nitrogen and oxygen atoms in total. The first-order valence-electron chi connectivity index (χ1n) is 18.9. The Morgan fingerprint density at radius 3 is 1.33 bits per heavy atom. The van der Waals surface area contributed by atoms with Crippen molar-refractivity contribution in [3.8, 4) is 0 Å². The topological polar surface area (TPSA) is 55.8 Å². The van der Waals surface area contributed by atoms with Gasteiger partial charge in [0, 0.05) is 13.0 Å². The van der Waals surface area contributed by atoms with Gasteiger partial charge in [-0.25, -0.2) is 0 Å². The summed E-state index contributed by atoms with van der Waals surface area (Å²) in [7, 11) is 0. The van der Waals surface area contributed by atoms with Crippen LogP contribution < -0.4 is 0 Å². The smallest absolute Gasteiger partial charge is 0.305 e. The van der Waals surface area contributed by atoms with Gasteiger partial charge in [-0.15, -0.1) is 0 Å². The number of ether oxygens (including phenoxy) is 2. The molecule has 43 heavy (non-hydrogen) atoms. The molecule has 0 aliphatic carbocycles. The van der Waals surface area contributed by atoms with Crippen LogP contribution in [0.3, 0.4) is 0 Å². The molecule has 0 bridgehead atoms. The maximum Gasteiger partial charge on any atom is 0.305 e. The number of aliphatic hydroxyl groups excluding tert-OH is 1. The number of carbonyl (C=O) groups is 1. The fraction of sp³-hybridized carbons (Fsp3) is 0.872. The summed E-state index contributed by atoms with van der Waals surface area (Å²) in [6.07, 6.45) is 43.4. The minimum atomic E-state index is -0.729. The van der Waals surface area contributed by atoms with Crippen molar-refractivity contribution >= 4 is 5.97 Å². The second-order valence-corrected chi connectivity index (χ2v) is 12.7. The lowest BCUT2D eigenvalue weighted by molar-refractivity contribution is -0.147. The summed E-state index contributed by atoms with van der Waals surface area (Å²) in [6, 6.07) is 0. The predicted molar refractivity (Wildman–Crippen MR) is 187 cm³/mol. The van der Waals surface area contributed by atoms with Gasteiger partial charge in [0.1, 0.15) is 12.7 Å². The molecule has 0 radical (unpaired) electrons. The Morgan fingerprint density at radius 1 is 0.512 bits per heavy atom. The van der Waals surface area contributed by atoms with Crippen molar-refractivity contribution in [3.63, 3.8) is 0 Å². The van der Waals surface area contributed by atoms with Crippen molar-refractivity contribution in [2.24, 2.45) is 0 Å². The monoisotopic (exact) mass is 607 g/mol. The lowest BCUT2D eigenvalue weighted by atomic mass is 10.1. The molecule has 254 valence electrons. The lowest BCUT2D eigenvalue weighted by Gasteiger charge is -2.12. The van der Waals surface area contributed by atoms with E-state index in [1.165, 1.54) is 154 Å². The van der Waals surface area contributed by atoms with E-state index in [1.807, 2.05) is 0 Å². The maximum atomic E-state index is 11.9. The minimum absolute atomic E-state index is 0.0390. The number of aliphatic hydroxyl groups is 1. The Bertz CT molecular complexity index is 600. The number of rotatable bonds is 35. The van der Waals surface area contributed by atoms with Gasteiger partial charge in [-0.05, 0) is 64.2 Å². The van der Waals surface area contributed by atoms with Crippen LogP contribution in [-0.2, 0) is 14.3 Å². The molecule has 0 aromatic heterocycles. The van der Waals surface area contributed by atoms with Crippen molar-refractivity contribution < 1.29 is 19.4 Å². The molecule has 0 aliphatic heterocycles. The molecule has 0 aromatic rings. The van der Waals surface area contributed by atoms with Gasteiger partial charge < -0.3 is 14.6 Å². The maximum absolute atomic E-state index is 11.9. The summed E-state index contributed by atoms with van der Waals surface area (Å²) in [5, 5.41) is 10.0. The third kappa shape index (κ3) is 37.0. The molecule has 0 amide bonds. The van der Waals surface area contributed by atoms with E-state index in [0.717, 1.165) is 19.3 Å². The molecule has 0 aromatic carbocycles. The Balaban J connectivity index is 3.33. The molecule has 0 saturated carbocycles. The standard InChI is InChI=1S/C39H74O4/c1-3-5-7-9-11-13-15-17-19-21-23-25-27-29-31-33-35-42-36-38(40)37-43-39(41)34-32-30-28-26-24-22-20-18-16-14-12-10-8-6-4-2/h17-20,38,40H,3-16,21-37H2,1-2H3/b19-17-,20-18-. The van der Waals surface area contributed by atoms with Crippen LogP contribution in [-0.4, -0.2) is 37.0 Å². The second-order valence-electron chi connectivity index (χ2n) is 12.7. The SMILES string of the molecule is CCCCCCCC/C=C\CCCCCCCCOCC(O)COC(=O)CCCCCCC/C=C\CCCCCCCC. The van der Waals surface area contributed by atoms with Crippen LogP contribution in [0.25, 0.3) is 0 Å². The van der Waals surface area contributed by atoms with E-state index < -0.39 is 6.10 Å². The summed E-state index contributed by atoms with van der Waals surface area (Å²) >= 11 is 0. The molecule has 0 saturated heterocycles. The second kappa shape index (κ2) is 37.1. The van der Waals surface area contributed by atoms with Gasteiger partial charge in [-0.2, -0.15) is 0 Å². The highest BCUT2D eigenvalue weighted by molar-refractivity contribution is 5.69. The van der Waals surface area contributed by atoms with Crippen LogP contribution in [0.4, 0.5) is 0 Å². The first kappa shape index (κ1) is 41.9. The summed E-state index contributed by atoms with van der Waals surface area (Å²) in [6.45, 7) is 5.49. The molecule has 0 fully saturated rings. The number of allylic oxidation sites excluding steroid dienone is 4. The summed E-state index contributed by atoms with van der Waals surface area (Å²) < 4.78 is 10.8. The quantitative estimate of drug-likeness (QED) is 0.0443. The van der Waals surface area contributed by atoms with Crippen molar-refractivity contribution in [1.82, 2.24) is 0 Å². The van der Waals surface area contributed by atoms with E-state index in [4.69, 9.17) is 9.47 Å². The number of hydrogen-bond donors (Lipinski definition) is 1. The van der Waals surface area contributed by atoms with Crippen LogP contribution >= 0.6 is 0 Å². The number of esters is 1. The van der Waals surface area contributed by atoms with Gasteiger partial charge in [0.15, 0.2) is 0 Å².